The van der Waals surface area contributed by atoms with E-state index in [1.54, 1.807) is 6.20 Å². The van der Waals surface area contributed by atoms with Gasteiger partial charge < -0.3 is 9.84 Å². The molecule has 1 atom stereocenters. The normalized spacial score (nSPS) is 18.0. The van der Waals surface area contributed by atoms with Gasteiger partial charge in [0.15, 0.2) is 11.5 Å². The summed E-state index contributed by atoms with van der Waals surface area (Å²) in [6.45, 7) is 1.29. The molecule has 1 saturated heterocycles. The lowest BCUT2D eigenvalue weighted by Gasteiger charge is -2.36. The van der Waals surface area contributed by atoms with Gasteiger partial charge in [-0.2, -0.15) is 0 Å². The van der Waals surface area contributed by atoms with Crippen LogP contribution in [0.1, 0.15) is 36.4 Å². The number of phenolic OH excluding ortho intramolecular Hbond substituents is 1. The molecule has 1 N–H and O–H groups in total. The molecule has 1 unspecified atom stereocenters. The number of piperidine rings is 1. The number of phenols is 1. The molecule has 0 amide bonds. The number of benzene rings is 1. The highest BCUT2D eigenvalue weighted by molar-refractivity contribution is 5.53. The molecule has 1 aromatic carbocycles. The second kappa shape index (κ2) is 7.48. The minimum Gasteiger partial charge on any atom is -0.504 e. The van der Waals surface area contributed by atoms with Crippen molar-refractivity contribution in [3.05, 3.63) is 57.9 Å². The molecule has 1 aliphatic heterocycles. The number of methoxy groups -OCH3 is 1. The first-order valence-corrected chi connectivity index (χ1v) is 8.28. The zero-order valence-corrected chi connectivity index (χ0v) is 14.1. The summed E-state index contributed by atoms with van der Waals surface area (Å²) in [5.41, 5.74) is 1.54. The van der Waals surface area contributed by atoms with Gasteiger partial charge >= 0.3 is 0 Å². The number of nitro benzene ring substituents is 1. The lowest BCUT2D eigenvalue weighted by molar-refractivity contribution is -0.385. The fourth-order valence-corrected chi connectivity index (χ4v) is 3.38. The zero-order chi connectivity index (χ0) is 17.8. The van der Waals surface area contributed by atoms with Crippen LogP contribution in [0.5, 0.6) is 11.5 Å². The van der Waals surface area contributed by atoms with Crippen LogP contribution >= 0.6 is 0 Å². The Morgan fingerprint density at radius 2 is 2.28 bits per heavy atom. The monoisotopic (exact) mass is 343 g/mol. The summed E-state index contributed by atoms with van der Waals surface area (Å²) in [6.07, 6.45) is 6.78. The third-order valence-corrected chi connectivity index (χ3v) is 4.63. The molecule has 1 aliphatic rings. The highest BCUT2D eigenvalue weighted by atomic mass is 16.6. The van der Waals surface area contributed by atoms with Crippen LogP contribution in [0.3, 0.4) is 0 Å². The lowest BCUT2D eigenvalue weighted by Crippen LogP contribution is -2.33. The summed E-state index contributed by atoms with van der Waals surface area (Å²) in [5, 5.41) is 21.6. The van der Waals surface area contributed by atoms with Crippen molar-refractivity contribution in [3.8, 4) is 11.5 Å². The molecule has 2 heterocycles. The second-order valence-corrected chi connectivity index (χ2v) is 6.18. The number of likely N-dealkylation sites (tertiary alicyclic amines) is 1. The molecule has 1 aromatic heterocycles. The van der Waals surface area contributed by atoms with E-state index in [1.165, 1.54) is 19.2 Å². The molecule has 0 radical (unpaired) electrons. The molecule has 2 aromatic rings. The number of pyridine rings is 1. The van der Waals surface area contributed by atoms with E-state index in [4.69, 9.17) is 4.74 Å². The number of rotatable bonds is 5. The van der Waals surface area contributed by atoms with E-state index in [1.807, 2.05) is 18.3 Å². The van der Waals surface area contributed by atoms with E-state index in [2.05, 4.69) is 9.88 Å². The van der Waals surface area contributed by atoms with E-state index >= 15 is 0 Å². The summed E-state index contributed by atoms with van der Waals surface area (Å²) in [4.78, 5) is 17.1. The van der Waals surface area contributed by atoms with Crippen molar-refractivity contribution in [1.29, 1.82) is 0 Å². The van der Waals surface area contributed by atoms with Gasteiger partial charge in [-0.1, -0.05) is 12.5 Å². The van der Waals surface area contributed by atoms with Crippen LogP contribution < -0.4 is 4.74 Å². The van der Waals surface area contributed by atoms with Crippen molar-refractivity contribution >= 4 is 5.69 Å². The van der Waals surface area contributed by atoms with Crippen LogP contribution in [0.4, 0.5) is 5.69 Å². The van der Waals surface area contributed by atoms with E-state index < -0.39 is 4.92 Å². The van der Waals surface area contributed by atoms with Crippen LogP contribution in [-0.4, -0.2) is 33.6 Å². The van der Waals surface area contributed by atoms with Crippen molar-refractivity contribution in [2.75, 3.05) is 13.7 Å². The lowest BCUT2D eigenvalue weighted by atomic mass is 9.95. The predicted molar refractivity (Wildman–Crippen MR) is 92.6 cm³/mol. The van der Waals surface area contributed by atoms with Gasteiger partial charge in [-0.25, -0.2) is 0 Å². The topological polar surface area (TPSA) is 88.7 Å². The highest BCUT2D eigenvalue weighted by Gasteiger charge is 2.26. The Morgan fingerprint density at radius 3 is 2.96 bits per heavy atom. The number of hydrogen-bond donors (Lipinski definition) is 1. The molecular formula is C18H21N3O4. The Labute approximate surface area is 146 Å². The molecule has 0 bridgehead atoms. The fourth-order valence-electron chi connectivity index (χ4n) is 3.38. The number of hydrogen-bond acceptors (Lipinski definition) is 6. The Balaban J connectivity index is 1.91. The van der Waals surface area contributed by atoms with Crippen LogP contribution in [-0.2, 0) is 6.54 Å². The fraction of sp³-hybridized carbons (Fsp3) is 0.389. The SMILES string of the molecule is COc1cc([N+](=O)[O-])cc(CN2CCCCC2c2cccnc2)c1O. The van der Waals surface area contributed by atoms with Crippen molar-refractivity contribution in [1.82, 2.24) is 9.88 Å². The van der Waals surface area contributed by atoms with E-state index in [0.29, 0.717) is 12.1 Å². The van der Waals surface area contributed by atoms with Gasteiger partial charge in [0.25, 0.3) is 5.69 Å². The van der Waals surface area contributed by atoms with Crippen LogP contribution in [0.2, 0.25) is 0 Å². The van der Waals surface area contributed by atoms with Gasteiger partial charge in [0.2, 0.25) is 0 Å². The third-order valence-electron chi connectivity index (χ3n) is 4.63. The molecule has 1 fully saturated rings. The molecule has 0 aliphatic carbocycles. The largest absolute Gasteiger partial charge is 0.504 e. The maximum absolute atomic E-state index is 11.2. The van der Waals surface area contributed by atoms with Crippen molar-refractivity contribution in [2.24, 2.45) is 0 Å². The van der Waals surface area contributed by atoms with E-state index in [0.717, 1.165) is 31.4 Å². The Kier molecular flexibility index (Phi) is 5.14. The van der Waals surface area contributed by atoms with Crippen molar-refractivity contribution < 1.29 is 14.8 Å². The predicted octanol–water partition coefficient (Wildman–Crippen LogP) is 3.43. The van der Waals surface area contributed by atoms with Gasteiger partial charge in [-0.3, -0.25) is 20.0 Å². The number of aromatic nitrogens is 1. The molecule has 3 rings (SSSR count). The summed E-state index contributed by atoms with van der Waals surface area (Å²) >= 11 is 0. The summed E-state index contributed by atoms with van der Waals surface area (Å²) in [7, 11) is 1.39. The number of non-ortho nitro benzene ring substituents is 1. The minimum absolute atomic E-state index is 0.0383. The molecule has 132 valence electrons. The minimum atomic E-state index is -0.472. The van der Waals surface area contributed by atoms with Gasteiger partial charge in [-0.05, 0) is 31.0 Å². The van der Waals surface area contributed by atoms with Gasteiger partial charge in [0, 0.05) is 36.6 Å². The van der Waals surface area contributed by atoms with Crippen molar-refractivity contribution in [2.45, 2.75) is 31.8 Å². The maximum Gasteiger partial charge on any atom is 0.273 e. The molecular weight excluding hydrogens is 322 g/mol. The first kappa shape index (κ1) is 17.2. The highest BCUT2D eigenvalue weighted by Crippen LogP contribution is 2.38. The average Bonchev–Trinajstić information content (AvgIpc) is 2.64. The number of nitro groups is 1. The van der Waals surface area contributed by atoms with Gasteiger partial charge in [-0.15, -0.1) is 0 Å². The maximum atomic E-state index is 11.2. The van der Waals surface area contributed by atoms with Crippen molar-refractivity contribution in [3.63, 3.8) is 0 Å². The Bertz CT molecular complexity index is 751. The molecule has 7 nitrogen and oxygen atoms in total. The Hall–Kier alpha value is -2.67. The second-order valence-electron chi connectivity index (χ2n) is 6.18. The first-order valence-electron chi connectivity index (χ1n) is 8.28. The van der Waals surface area contributed by atoms with Crippen LogP contribution in [0.25, 0.3) is 0 Å². The third kappa shape index (κ3) is 3.71. The quantitative estimate of drug-likeness (QED) is 0.661. The average molecular weight is 343 g/mol. The molecule has 0 saturated carbocycles. The van der Waals surface area contributed by atoms with E-state index in [-0.39, 0.29) is 23.2 Å². The van der Waals surface area contributed by atoms with Gasteiger partial charge in [0.05, 0.1) is 18.1 Å². The number of ether oxygens (including phenoxy) is 1. The standard InChI is InChI=1S/C18H21N3O4/c1-25-17-10-15(21(23)24)9-14(18(17)22)12-20-8-3-2-6-16(20)13-5-4-7-19-11-13/h4-5,7,9-11,16,22H,2-3,6,8,12H2,1H3. The van der Waals surface area contributed by atoms with Gasteiger partial charge in [0.1, 0.15) is 0 Å². The molecule has 25 heavy (non-hydrogen) atoms. The number of aromatic hydroxyl groups is 1. The smallest absolute Gasteiger partial charge is 0.273 e. The zero-order valence-electron chi connectivity index (χ0n) is 14.1. The van der Waals surface area contributed by atoms with Crippen LogP contribution in [0.15, 0.2) is 36.7 Å². The Morgan fingerprint density at radius 1 is 1.44 bits per heavy atom. The summed E-state index contributed by atoms with van der Waals surface area (Å²) in [6, 6.07) is 6.81. The first-order chi connectivity index (χ1) is 12.1. The number of nitrogens with zero attached hydrogens (tertiary/aromatic N) is 3. The summed E-state index contributed by atoms with van der Waals surface area (Å²) in [5.74, 6) is 0.0859. The summed E-state index contributed by atoms with van der Waals surface area (Å²) < 4.78 is 5.09. The van der Waals surface area contributed by atoms with Crippen LogP contribution in [0, 0.1) is 10.1 Å². The molecule has 0 spiro atoms. The molecule has 7 heteroatoms. The van der Waals surface area contributed by atoms with E-state index in [9.17, 15) is 15.2 Å².